The van der Waals surface area contributed by atoms with Crippen molar-refractivity contribution in [3.05, 3.63) is 23.8 Å². The second-order valence-corrected chi connectivity index (χ2v) is 5.78. The zero-order valence-electron chi connectivity index (χ0n) is 15.9. The third-order valence-electron chi connectivity index (χ3n) is 3.79. The zero-order valence-corrected chi connectivity index (χ0v) is 18.2. The molecule has 2 N–H and O–H groups in total. The Labute approximate surface area is 171 Å². The van der Waals surface area contributed by atoms with Gasteiger partial charge in [-0.05, 0) is 39.1 Å². The van der Waals surface area contributed by atoms with Gasteiger partial charge in [0.25, 0.3) is 0 Å². The van der Waals surface area contributed by atoms with Gasteiger partial charge in [-0.3, -0.25) is 4.99 Å². The Bertz CT molecular complexity index is 560. The Morgan fingerprint density at radius 1 is 1.27 bits per heavy atom. The predicted octanol–water partition coefficient (Wildman–Crippen LogP) is 2.92. The van der Waals surface area contributed by atoms with E-state index in [0.29, 0.717) is 29.9 Å². The molecule has 0 spiro atoms. The predicted molar refractivity (Wildman–Crippen MR) is 111 cm³/mol. The molecule has 26 heavy (non-hydrogen) atoms. The number of alkyl halides is 2. The Kier molecular flexibility index (Phi) is 12.2. The number of nitrogens with zero attached hydrogens (tertiary/aromatic N) is 2. The van der Waals surface area contributed by atoms with Crippen LogP contribution >= 0.6 is 24.0 Å². The van der Waals surface area contributed by atoms with Crippen LogP contribution in [0.15, 0.2) is 23.2 Å². The summed E-state index contributed by atoms with van der Waals surface area (Å²) < 4.78 is 34.8. The largest absolute Gasteiger partial charge is 0.497 e. The summed E-state index contributed by atoms with van der Waals surface area (Å²) in [6.07, 6.45) is 0. The molecule has 0 saturated carbocycles. The highest BCUT2D eigenvalue weighted by Gasteiger charge is 2.12. The van der Waals surface area contributed by atoms with Gasteiger partial charge in [-0.2, -0.15) is 8.78 Å². The van der Waals surface area contributed by atoms with Crippen LogP contribution in [0.4, 0.5) is 8.78 Å². The molecular formula is C17H29F2IN4O2. The fourth-order valence-electron chi connectivity index (χ4n) is 2.04. The zero-order chi connectivity index (χ0) is 18.8. The fourth-order valence-corrected chi connectivity index (χ4v) is 2.04. The molecule has 1 rings (SSSR count). The fraction of sp³-hybridized carbons (Fsp3) is 0.588. The molecule has 0 unspecified atom stereocenters. The van der Waals surface area contributed by atoms with E-state index >= 15 is 0 Å². The molecule has 1 aromatic carbocycles. The van der Waals surface area contributed by atoms with Gasteiger partial charge in [-0.1, -0.05) is 0 Å². The first-order valence-electron chi connectivity index (χ1n) is 8.13. The first-order chi connectivity index (χ1) is 11.9. The molecule has 150 valence electrons. The lowest BCUT2D eigenvalue weighted by molar-refractivity contribution is -0.0504. The van der Waals surface area contributed by atoms with Gasteiger partial charge < -0.3 is 25.0 Å². The number of ether oxygens (including phenoxy) is 2. The summed E-state index contributed by atoms with van der Waals surface area (Å²) in [5, 5.41) is 6.28. The number of likely N-dealkylation sites (N-methyl/N-ethyl adjacent to an activating group) is 1. The number of aliphatic imine (C=N–C) groups is 1. The van der Waals surface area contributed by atoms with Crippen LogP contribution in [0.3, 0.4) is 0 Å². The molecule has 0 fully saturated rings. The van der Waals surface area contributed by atoms with E-state index in [4.69, 9.17) is 4.74 Å². The number of hydrogen-bond acceptors (Lipinski definition) is 4. The van der Waals surface area contributed by atoms with E-state index in [1.54, 1.807) is 19.2 Å². The highest BCUT2D eigenvalue weighted by molar-refractivity contribution is 14.0. The molecule has 0 heterocycles. The highest BCUT2D eigenvalue weighted by atomic mass is 127. The van der Waals surface area contributed by atoms with Crippen LogP contribution in [-0.2, 0) is 6.54 Å². The molecule has 0 radical (unpaired) electrons. The SMILES string of the molecule is CN=C(NCCN(C)C(C)C)NCc1cc(OC)ccc1OC(F)F.I. The van der Waals surface area contributed by atoms with Crippen molar-refractivity contribution in [2.24, 2.45) is 4.99 Å². The maximum Gasteiger partial charge on any atom is 0.387 e. The maximum atomic E-state index is 12.5. The van der Waals surface area contributed by atoms with Crippen molar-refractivity contribution >= 4 is 29.9 Å². The summed E-state index contributed by atoms with van der Waals surface area (Å²) in [5.74, 6) is 1.26. The van der Waals surface area contributed by atoms with E-state index < -0.39 is 6.61 Å². The molecule has 0 atom stereocenters. The molecule has 0 saturated heterocycles. The third-order valence-corrected chi connectivity index (χ3v) is 3.79. The van der Waals surface area contributed by atoms with Crippen molar-refractivity contribution in [2.45, 2.75) is 33.0 Å². The number of halogens is 3. The molecule has 9 heteroatoms. The summed E-state index contributed by atoms with van der Waals surface area (Å²) in [6.45, 7) is 3.22. The van der Waals surface area contributed by atoms with Crippen LogP contribution < -0.4 is 20.1 Å². The van der Waals surface area contributed by atoms with Gasteiger partial charge in [0, 0.05) is 38.3 Å². The van der Waals surface area contributed by atoms with E-state index in [-0.39, 0.29) is 36.3 Å². The van der Waals surface area contributed by atoms with Crippen LogP contribution in [0.5, 0.6) is 11.5 Å². The quantitative estimate of drug-likeness (QED) is 0.320. The van der Waals surface area contributed by atoms with Crippen molar-refractivity contribution in [2.75, 3.05) is 34.3 Å². The van der Waals surface area contributed by atoms with Gasteiger partial charge in [0.1, 0.15) is 11.5 Å². The van der Waals surface area contributed by atoms with Crippen molar-refractivity contribution < 1.29 is 18.3 Å². The number of hydrogen-bond donors (Lipinski definition) is 2. The van der Waals surface area contributed by atoms with Gasteiger partial charge >= 0.3 is 6.61 Å². The summed E-state index contributed by atoms with van der Waals surface area (Å²) in [5.41, 5.74) is 0.557. The monoisotopic (exact) mass is 486 g/mol. The number of benzene rings is 1. The Morgan fingerprint density at radius 3 is 2.50 bits per heavy atom. The molecule has 0 aromatic heterocycles. The van der Waals surface area contributed by atoms with Crippen LogP contribution in [0.2, 0.25) is 0 Å². The van der Waals surface area contributed by atoms with Crippen molar-refractivity contribution in [1.82, 2.24) is 15.5 Å². The Hall–Kier alpha value is -1.36. The first-order valence-corrected chi connectivity index (χ1v) is 8.13. The van der Waals surface area contributed by atoms with Crippen LogP contribution in [0, 0.1) is 0 Å². The topological polar surface area (TPSA) is 58.1 Å². The second-order valence-electron chi connectivity index (χ2n) is 5.78. The van der Waals surface area contributed by atoms with Crippen LogP contribution in [-0.4, -0.2) is 57.8 Å². The Morgan fingerprint density at radius 2 is 1.96 bits per heavy atom. The molecule has 0 aliphatic heterocycles. The van der Waals surface area contributed by atoms with Gasteiger partial charge in [0.05, 0.1) is 7.11 Å². The minimum Gasteiger partial charge on any atom is -0.497 e. The third kappa shape index (κ3) is 8.84. The van der Waals surface area contributed by atoms with Crippen LogP contribution in [0.1, 0.15) is 19.4 Å². The smallest absolute Gasteiger partial charge is 0.387 e. The highest BCUT2D eigenvalue weighted by Crippen LogP contribution is 2.25. The van der Waals surface area contributed by atoms with Crippen molar-refractivity contribution in [3.8, 4) is 11.5 Å². The first kappa shape index (κ1) is 24.6. The molecule has 1 aromatic rings. The van der Waals surface area contributed by atoms with Crippen molar-refractivity contribution in [1.29, 1.82) is 0 Å². The van der Waals surface area contributed by atoms with E-state index in [9.17, 15) is 8.78 Å². The summed E-state index contributed by atoms with van der Waals surface area (Å²) in [7, 11) is 5.22. The molecule has 0 bridgehead atoms. The minimum absolute atomic E-state index is 0. The second kappa shape index (κ2) is 12.9. The maximum absolute atomic E-state index is 12.5. The standard InChI is InChI=1S/C17H28F2N4O2.HI/c1-12(2)23(4)9-8-21-17(20-3)22-11-13-10-14(24-5)6-7-15(13)25-16(18)19;/h6-7,10,12,16H,8-9,11H2,1-5H3,(H2,20,21,22);1H. The van der Waals surface area contributed by atoms with E-state index in [2.05, 4.69) is 39.1 Å². The molecule has 0 amide bonds. The van der Waals surface area contributed by atoms with Gasteiger partial charge in [-0.25, -0.2) is 0 Å². The van der Waals surface area contributed by atoms with Gasteiger partial charge in [-0.15, -0.1) is 24.0 Å². The molecule has 6 nitrogen and oxygen atoms in total. The lowest BCUT2D eigenvalue weighted by Crippen LogP contribution is -2.41. The number of rotatable bonds is 9. The van der Waals surface area contributed by atoms with Gasteiger partial charge in [0.15, 0.2) is 5.96 Å². The lowest BCUT2D eigenvalue weighted by Gasteiger charge is -2.22. The van der Waals surface area contributed by atoms with E-state index in [0.717, 1.165) is 6.54 Å². The normalized spacial score (nSPS) is 11.5. The number of nitrogens with one attached hydrogen (secondary N) is 2. The molecule has 0 aliphatic rings. The number of guanidine groups is 1. The van der Waals surface area contributed by atoms with Gasteiger partial charge in [0.2, 0.25) is 0 Å². The average molecular weight is 486 g/mol. The summed E-state index contributed by atoms with van der Waals surface area (Å²) >= 11 is 0. The van der Waals surface area contributed by atoms with E-state index in [1.165, 1.54) is 13.2 Å². The average Bonchev–Trinajstić information content (AvgIpc) is 2.58. The molecule has 0 aliphatic carbocycles. The number of methoxy groups -OCH3 is 1. The summed E-state index contributed by atoms with van der Waals surface area (Å²) in [6, 6.07) is 5.17. The molecular weight excluding hydrogens is 457 g/mol. The minimum atomic E-state index is -2.88. The summed E-state index contributed by atoms with van der Waals surface area (Å²) in [4.78, 5) is 6.34. The van der Waals surface area contributed by atoms with Crippen molar-refractivity contribution in [3.63, 3.8) is 0 Å². The van der Waals surface area contributed by atoms with E-state index in [1.807, 2.05) is 7.05 Å². The lowest BCUT2D eigenvalue weighted by atomic mass is 10.2. The Balaban J connectivity index is 0.00000625. The van der Waals surface area contributed by atoms with Crippen LogP contribution in [0.25, 0.3) is 0 Å².